The average molecular weight is 328 g/mol. The van der Waals surface area contributed by atoms with Crippen LogP contribution in [-0.2, 0) is 11.3 Å². The van der Waals surface area contributed by atoms with E-state index >= 15 is 0 Å². The van der Waals surface area contributed by atoms with Crippen LogP contribution in [0.3, 0.4) is 0 Å². The Labute approximate surface area is 136 Å². The maximum Gasteiger partial charge on any atom is 0.261 e. The summed E-state index contributed by atoms with van der Waals surface area (Å²) in [6.07, 6.45) is 3.87. The van der Waals surface area contributed by atoms with E-state index in [0.717, 1.165) is 11.4 Å². The maximum absolute atomic E-state index is 12.4. The van der Waals surface area contributed by atoms with Gasteiger partial charge in [-0.1, -0.05) is 19.1 Å². The molecule has 0 spiro atoms. The van der Waals surface area contributed by atoms with E-state index in [1.165, 1.54) is 22.2 Å². The molecule has 0 aliphatic carbocycles. The van der Waals surface area contributed by atoms with E-state index in [0.29, 0.717) is 10.9 Å². The summed E-state index contributed by atoms with van der Waals surface area (Å²) in [6.45, 7) is 1.93. The topological polar surface area (TPSA) is 76.9 Å². The number of hydrogen-bond acceptors (Lipinski definition) is 5. The lowest BCUT2D eigenvalue weighted by Crippen LogP contribution is -2.34. The van der Waals surface area contributed by atoms with Crippen molar-refractivity contribution in [1.29, 1.82) is 0 Å². The van der Waals surface area contributed by atoms with Gasteiger partial charge in [0, 0.05) is 11.6 Å². The first-order valence-corrected chi connectivity index (χ1v) is 8.20. The molecule has 1 aromatic carbocycles. The number of rotatable bonds is 5. The second-order valence-electron chi connectivity index (χ2n) is 5.09. The zero-order valence-electron chi connectivity index (χ0n) is 12.6. The van der Waals surface area contributed by atoms with Gasteiger partial charge in [-0.05, 0) is 18.6 Å². The van der Waals surface area contributed by atoms with Gasteiger partial charge in [-0.25, -0.2) is 9.97 Å². The number of hydrogen-bond donors (Lipinski definition) is 1. The molecule has 0 saturated heterocycles. The van der Waals surface area contributed by atoms with Gasteiger partial charge in [0.05, 0.1) is 23.3 Å². The van der Waals surface area contributed by atoms with Crippen LogP contribution in [0.15, 0.2) is 47.0 Å². The molecule has 3 rings (SSSR count). The minimum Gasteiger partial charge on any atom is -0.345 e. The Morgan fingerprint density at radius 3 is 2.91 bits per heavy atom. The van der Waals surface area contributed by atoms with Crippen LogP contribution in [0.25, 0.3) is 10.9 Å². The first kappa shape index (κ1) is 15.4. The molecule has 0 aliphatic rings. The van der Waals surface area contributed by atoms with Crippen molar-refractivity contribution in [2.45, 2.75) is 25.9 Å². The van der Waals surface area contributed by atoms with Gasteiger partial charge in [0.15, 0.2) is 0 Å². The van der Waals surface area contributed by atoms with Gasteiger partial charge in [-0.3, -0.25) is 14.2 Å². The number of nitrogens with one attached hydrogen (secondary N) is 1. The van der Waals surface area contributed by atoms with Crippen molar-refractivity contribution in [3.63, 3.8) is 0 Å². The zero-order valence-corrected chi connectivity index (χ0v) is 13.4. The van der Waals surface area contributed by atoms with Gasteiger partial charge in [0.25, 0.3) is 5.56 Å². The van der Waals surface area contributed by atoms with Crippen LogP contribution in [-0.4, -0.2) is 20.4 Å². The van der Waals surface area contributed by atoms with E-state index in [2.05, 4.69) is 15.3 Å². The lowest BCUT2D eigenvalue weighted by atomic mass is 10.2. The third kappa shape index (κ3) is 3.29. The number of carbonyl (C=O) groups excluding carboxylic acids is 1. The normalized spacial score (nSPS) is 12.2. The molecule has 7 heteroatoms. The van der Waals surface area contributed by atoms with Crippen LogP contribution < -0.4 is 10.9 Å². The SMILES string of the molecule is CC[C@@H](NC(=O)Cn1cnc2ccccc2c1=O)c1nccs1. The van der Waals surface area contributed by atoms with Gasteiger partial charge in [0.1, 0.15) is 11.6 Å². The van der Waals surface area contributed by atoms with Crippen molar-refractivity contribution in [3.8, 4) is 0 Å². The standard InChI is InChI=1S/C16H16N4O2S/c1-2-12(15-17-7-8-23-15)19-14(21)9-20-10-18-13-6-4-3-5-11(13)16(20)22/h3-8,10,12H,2,9H2,1H3,(H,19,21)/t12-/m1/s1. The number of para-hydroxylation sites is 1. The van der Waals surface area contributed by atoms with E-state index in [1.54, 1.807) is 24.4 Å². The van der Waals surface area contributed by atoms with E-state index in [4.69, 9.17) is 0 Å². The van der Waals surface area contributed by atoms with Gasteiger partial charge < -0.3 is 5.32 Å². The van der Waals surface area contributed by atoms with Crippen molar-refractivity contribution in [2.75, 3.05) is 0 Å². The Morgan fingerprint density at radius 2 is 2.17 bits per heavy atom. The quantitative estimate of drug-likeness (QED) is 0.778. The molecule has 6 nitrogen and oxygen atoms in total. The summed E-state index contributed by atoms with van der Waals surface area (Å²) in [5.74, 6) is -0.230. The molecule has 0 fully saturated rings. The third-order valence-electron chi connectivity index (χ3n) is 3.54. The lowest BCUT2D eigenvalue weighted by Gasteiger charge is -2.15. The molecule has 0 saturated carbocycles. The predicted octanol–water partition coefficient (Wildman–Crippen LogP) is 2.12. The average Bonchev–Trinajstić information content (AvgIpc) is 3.10. The highest BCUT2D eigenvalue weighted by Gasteiger charge is 2.16. The number of carbonyl (C=O) groups is 1. The zero-order chi connectivity index (χ0) is 16.2. The van der Waals surface area contributed by atoms with E-state index in [1.807, 2.05) is 18.4 Å². The van der Waals surface area contributed by atoms with E-state index in [9.17, 15) is 9.59 Å². The Bertz CT molecular complexity index is 873. The highest BCUT2D eigenvalue weighted by molar-refractivity contribution is 7.09. The third-order valence-corrected chi connectivity index (χ3v) is 4.43. The first-order chi connectivity index (χ1) is 11.2. The monoisotopic (exact) mass is 328 g/mol. The van der Waals surface area contributed by atoms with E-state index < -0.39 is 0 Å². The van der Waals surface area contributed by atoms with Crippen LogP contribution in [0.2, 0.25) is 0 Å². The molecule has 0 bridgehead atoms. The minimum atomic E-state index is -0.230. The maximum atomic E-state index is 12.4. The Hall–Kier alpha value is -2.54. The minimum absolute atomic E-state index is 0.0570. The fourth-order valence-electron chi connectivity index (χ4n) is 2.36. The highest BCUT2D eigenvalue weighted by atomic mass is 32.1. The molecule has 1 amide bonds. The summed E-state index contributed by atoms with van der Waals surface area (Å²) in [6, 6.07) is 6.96. The van der Waals surface area contributed by atoms with Crippen LogP contribution in [0.1, 0.15) is 24.4 Å². The van der Waals surface area contributed by atoms with Gasteiger partial charge >= 0.3 is 0 Å². The number of nitrogens with zero attached hydrogens (tertiary/aromatic N) is 3. The number of thiazole rings is 1. The molecule has 1 atom stereocenters. The summed E-state index contributed by atoms with van der Waals surface area (Å²) in [5, 5.41) is 6.17. The molecule has 2 heterocycles. The number of amides is 1. The van der Waals surface area contributed by atoms with Gasteiger partial charge in [-0.15, -0.1) is 11.3 Å². The van der Waals surface area contributed by atoms with Gasteiger partial charge in [-0.2, -0.15) is 0 Å². The largest absolute Gasteiger partial charge is 0.345 e. The highest BCUT2D eigenvalue weighted by Crippen LogP contribution is 2.18. The Balaban J connectivity index is 1.78. The summed E-state index contributed by atoms with van der Waals surface area (Å²) in [7, 11) is 0. The van der Waals surface area contributed by atoms with Crippen LogP contribution in [0.5, 0.6) is 0 Å². The molecular weight excluding hydrogens is 312 g/mol. The molecule has 0 radical (unpaired) electrons. The van der Waals surface area contributed by atoms with Crippen LogP contribution >= 0.6 is 11.3 Å². The summed E-state index contributed by atoms with van der Waals surface area (Å²) in [4.78, 5) is 33.1. The second-order valence-corrected chi connectivity index (χ2v) is 6.02. The predicted molar refractivity (Wildman–Crippen MR) is 89.3 cm³/mol. The number of benzene rings is 1. The van der Waals surface area contributed by atoms with Crippen LogP contribution in [0.4, 0.5) is 0 Å². The lowest BCUT2D eigenvalue weighted by molar-refractivity contribution is -0.122. The summed E-state index contributed by atoms with van der Waals surface area (Å²) >= 11 is 1.50. The molecule has 23 heavy (non-hydrogen) atoms. The van der Waals surface area contributed by atoms with Crippen molar-refractivity contribution < 1.29 is 4.79 Å². The summed E-state index contributed by atoms with van der Waals surface area (Å²) < 4.78 is 1.33. The molecule has 2 aromatic heterocycles. The Kier molecular flexibility index (Phi) is 4.47. The number of fused-ring (bicyclic) bond motifs is 1. The molecule has 0 aliphatic heterocycles. The van der Waals surface area contributed by atoms with Gasteiger partial charge in [0.2, 0.25) is 5.91 Å². The fraction of sp³-hybridized carbons (Fsp3) is 0.250. The first-order valence-electron chi connectivity index (χ1n) is 7.32. The molecular formula is C16H16N4O2S. The summed E-state index contributed by atoms with van der Waals surface area (Å²) in [5.41, 5.74) is 0.413. The van der Waals surface area contributed by atoms with Crippen LogP contribution in [0, 0.1) is 0 Å². The second kappa shape index (κ2) is 6.70. The molecule has 0 unspecified atom stereocenters. The number of aromatic nitrogens is 3. The van der Waals surface area contributed by atoms with Crippen molar-refractivity contribution in [3.05, 3.63) is 57.5 Å². The molecule has 118 valence electrons. The molecule has 1 N–H and O–H groups in total. The Morgan fingerprint density at radius 1 is 1.35 bits per heavy atom. The fourth-order valence-corrected chi connectivity index (χ4v) is 3.13. The van der Waals surface area contributed by atoms with Crippen molar-refractivity contribution >= 4 is 28.1 Å². The van der Waals surface area contributed by atoms with Crippen molar-refractivity contribution in [1.82, 2.24) is 19.9 Å². The molecule has 3 aromatic rings. The van der Waals surface area contributed by atoms with E-state index in [-0.39, 0.29) is 24.1 Å². The van der Waals surface area contributed by atoms with Crippen molar-refractivity contribution in [2.24, 2.45) is 0 Å². The smallest absolute Gasteiger partial charge is 0.261 e.